The molecule has 8 heteroatoms. The lowest BCUT2D eigenvalue weighted by molar-refractivity contribution is 0.412. The van der Waals surface area contributed by atoms with Crippen LogP contribution in [0.15, 0.2) is 67.3 Å². The zero-order valence-corrected chi connectivity index (χ0v) is 18.4. The number of nitrogens with one attached hydrogen (secondary N) is 1. The molecule has 0 saturated heterocycles. The van der Waals surface area contributed by atoms with E-state index in [1.54, 1.807) is 18.1 Å². The summed E-state index contributed by atoms with van der Waals surface area (Å²) in [5, 5.41) is 17.1. The summed E-state index contributed by atoms with van der Waals surface area (Å²) in [5.41, 5.74) is 6.72. The molecule has 0 unspecified atom stereocenters. The first kappa shape index (κ1) is 20.3. The van der Waals surface area contributed by atoms with E-state index in [1.807, 2.05) is 79.2 Å². The maximum Gasteiger partial charge on any atom is 0.161 e. The number of hydrogen-bond donors (Lipinski definition) is 1. The van der Waals surface area contributed by atoms with E-state index in [2.05, 4.69) is 21.5 Å². The summed E-state index contributed by atoms with van der Waals surface area (Å²) in [6.07, 6.45) is 5.59. The summed E-state index contributed by atoms with van der Waals surface area (Å²) in [6, 6.07) is 17.6. The molecular formula is C25H21N7O. The first-order valence-corrected chi connectivity index (χ1v) is 10.4. The number of ether oxygens (including phenoxy) is 1. The number of aryl methyl sites for hydroxylation is 2. The standard InChI is InChI=1S/C25H21N7O/c1-16-6-7-18(13-26)11-20(16)22-14-31-10-4-5-21(25(31)29-22)28-19-8-9-23(24(12-19)33-3)32-15-27-17(2)30-32/h4-12,14-15,28H,1-3H3. The number of rotatable bonds is 5. The summed E-state index contributed by atoms with van der Waals surface area (Å²) in [7, 11) is 1.63. The zero-order chi connectivity index (χ0) is 22.9. The number of nitrogens with zero attached hydrogens (tertiary/aromatic N) is 6. The molecule has 0 saturated carbocycles. The number of anilines is 2. The van der Waals surface area contributed by atoms with E-state index in [0.717, 1.165) is 39.5 Å². The van der Waals surface area contributed by atoms with Crippen molar-refractivity contribution in [2.75, 3.05) is 12.4 Å². The third-order valence-electron chi connectivity index (χ3n) is 5.44. The molecule has 33 heavy (non-hydrogen) atoms. The Hall–Kier alpha value is -4.64. The van der Waals surface area contributed by atoms with Crippen LogP contribution < -0.4 is 10.1 Å². The molecule has 5 aromatic rings. The lowest BCUT2D eigenvalue weighted by Crippen LogP contribution is -2.01. The number of methoxy groups -OCH3 is 1. The molecule has 0 aliphatic heterocycles. The minimum absolute atomic E-state index is 0.612. The van der Waals surface area contributed by atoms with Gasteiger partial charge in [0.15, 0.2) is 5.65 Å². The largest absolute Gasteiger partial charge is 0.494 e. The number of fused-ring (bicyclic) bond motifs is 1. The number of hydrogen-bond acceptors (Lipinski definition) is 6. The van der Waals surface area contributed by atoms with Gasteiger partial charge in [-0.05, 0) is 55.8 Å². The Kier molecular flexibility index (Phi) is 4.99. The van der Waals surface area contributed by atoms with Crippen LogP contribution in [0.4, 0.5) is 11.4 Å². The van der Waals surface area contributed by atoms with Gasteiger partial charge in [-0.3, -0.25) is 0 Å². The minimum atomic E-state index is 0.612. The monoisotopic (exact) mass is 435 g/mol. The Morgan fingerprint density at radius 3 is 2.73 bits per heavy atom. The second-order valence-corrected chi connectivity index (χ2v) is 7.67. The Morgan fingerprint density at radius 1 is 1.09 bits per heavy atom. The van der Waals surface area contributed by atoms with E-state index in [-0.39, 0.29) is 0 Å². The molecule has 0 spiro atoms. The number of imidazole rings is 1. The topological polar surface area (TPSA) is 93.1 Å². The molecule has 0 amide bonds. The molecule has 1 N–H and O–H groups in total. The first-order chi connectivity index (χ1) is 16.1. The van der Waals surface area contributed by atoms with Crippen LogP contribution in [0, 0.1) is 25.2 Å². The maximum atomic E-state index is 9.28. The van der Waals surface area contributed by atoms with E-state index >= 15 is 0 Å². The Labute approximate surface area is 190 Å². The first-order valence-electron chi connectivity index (χ1n) is 10.4. The van der Waals surface area contributed by atoms with Crippen LogP contribution in [-0.2, 0) is 0 Å². The second-order valence-electron chi connectivity index (χ2n) is 7.67. The van der Waals surface area contributed by atoms with Crippen molar-refractivity contribution in [1.82, 2.24) is 24.1 Å². The second kappa shape index (κ2) is 8.13. The predicted molar refractivity (Wildman–Crippen MR) is 126 cm³/mol. The van der Waals surface area contributed by atoms with Gasteiger partial charge in [-0.2, -0.15) is 10.4 Å². The molecule has 0 aliphatic carbocycles. The number of aromatic nitrogens is 5. The fourth-order valence-electron chi connectivity index (χ4n) is 3.77. The zero-order valence-electron chi connectivity index (χ0n) is 18.4. The van der Waals surface area contributed by atoms with E-state index in [4.69, 9.17) is 9.72 Å². The van der Waals surface area contributed by atoms with Gasteiger partial charge >= 0.3 is 0 Å². The van der Waals surface area contributed by atoms with E-state index in [0.29, 0.717) is 17.1 Å². The van der Waals surface area contributed by atoms with E-state index in [9.17, 15) is 5.26 Å². The number of benzene rings is 2. The van der Waals surface area contributed by atoms with Crippen molar-refractivity contribution in [3.05, 3.63) is 84.2 Å². The van der Waals surface area contributed by atoms with Crippen molar-refractivity contribution in [3.63, 3.8) is 0 Å². The molecule has 3 aromatic heterocycles. The van der Waals surface area contributed by atoms with Gasteiger partial charge in [0.05, 0.1) is 30.1 Å². The lowest BCUT2D eigenvalue weighted by Gasteiger charge is -2.12. The van der Waals surface area contributed by atoms with Crippen molar-refractivity contribution < 1.29 is 4.74 Å². The van der Waals surface area contributed by atoms with Crippen LogP contribution in [0.2, 0.25) is 0 Å². The van der Waals surface area contributed by atoms with Gasteiger partial charge in [0, 0.05) is 29.7 Å². The van der Waals surface area contributed by atoms with E-state index in [1.165, 1.54) is 0 Å². The SMILES string of the molecule is COc1cc(Nc2cccn3cc(-c4cc(C#N)ccc4C)nc23)ccc1-n1cnc(C)n1. The average molecular weight is 435 g/mol. The van der Waals surface area contributed by atoms with Crippen LogP contribution in [0.1, 0.15) is 17.0 Å². The summed E-state index contributed by atoms with van der Waals surface area (Å²) < 4.78 is 9.26. The molecule has 8 nitrogen and oxygen atoms in total. The highest BCUT2D eigenvalue weighted by Crippen LogP contribution is 2.31. The molecule has 5 rings (SSSR count). The molecule has 0 bridgehead atoms. The van der Waals surface area contributed by atoms with Crippen LogP contribution >= 0.6 is 0 Å². The van der Waals surface area contributed by atoms with Crippen LogP contribution in [-0.4, -0.2) is 31.3 Å². The lowest BCUT2D eigenvalue weighted by atomic mass is 10.0. The van der Waals surface area contributed by atoms with Crippen molar-refractivity contribution in [2.45, 2.75) is 13.8 Å². The summed E-state index contributed by atoms with van der Waals surface area (Å²) in [6.45, 7) is 3.86. The quantitative estimate of drug-likeness (QED) is 0.425. The normalized spacial score (nSPS) is 10.8. The minimum Gasteiger partial charge on any atom is -0.494 e. The number of pyridine rings is 1. The van der Waals surface area contributed by atoms with Gasteiger partial charge in [-0.25, -0.2) is 14.6 Å². The highest BCUT2D eigenvalue weighted by atomic mass is 16.5. The Morgan fingerprint density at radius 2 is 1.97 bits per heavy atom. The fraction of sp³-hybridized carbons (Fsp3) is 0.120. The molecule has 0 aliphatic rings. The van der Waals surface area contributed by atoms with Gasteiger partial charge in [-0.1, -0.05) is 6.07 Å². The fourth-order valence-corrected chi connectivity index (χ4v) is 3.77. The Balaban J connectivity index is 1.52. The van der Waals surface area contributed by atoms with Crippen molar-refractivity contribution in [2.24, 2.45) is 0 Å². The smallest absolute Gasteiger partial charge is 0.161 e. The molecule has 0 radical (unpaired) electrons. The summed E-state index contributed by atoms with van der Waals surface area (Å²) >= 11 is 0. The van der Waals surface area contributed by atoms with Gasteiger partial charge in [0.2, 0.25) is 0 Å². The Bertz CT molecular complexity index is 1520. The highest BCUT2D eigenvalue weighted by Gasteiger charge is 2.13. The van der Waals surface area contributed by atoms with Crippen molar-refractivity contribution in [1.29, 1.82) is 5.26 Å². The van der Waals surface area contributed by atoms with Gasteiger partial charge in [0.1, 0.15) is 23.6 Å². The molecule has 3 heterocycles. The molecule has 162 valence electrons. The molecular weight excluding hydrogens is 414 g/mol. The summed E-state index contributed by atoms with van der Waals surface area (Å²) in [4.78, 5) is 9.05. The van der Waals surface area contributed by atoms with Gasteiger partial charge in [0.25, 0.3) is 0 Å². The summed E-state index contributed by atoms with van der Waals surface area (Å²) in [5.74, 6) is 1.36. The highest BCUT2D eigenvalue weighted by molar-refractivity contribution is 5.78. The number of nitriles is 1. The third kappa shape index (κ3) is 3.77. The predicted octanol–water partition coefficient (Wildman–Crippen LogP) is 4.82. The van der Waals surface area contributed by atoms with Gasteiger partial charge < -0.3 is 14.5 Å². The van der Waals surface area contributed by atoms with Crippen molar-refractivity contribution >= 4 is 17.0 Å². The molecule has 0 atom stereocenters. The van der Waals surface area contributed by atoms with Gasteiger partial charge in [-0.15, -0.1) is 0 Å². The van der Waals surface area contributed by atoms with Crippen LogP contribution in [0.5, 0.6) is 5.75 Å². The molecule has 2 aromatic carbocycles. The van der Waals surface area contributed by atoms with Crippen molar-refractivity contribution in [3.8, 4) is 28.8 Å². The van der Waals surface area contributed by atoms with E-state index < -0.39 is 0 Å². The maximum absolute atomic E-state index is 9.28. The van der Waals surface area contributed by atoms with Crippen LogP contribution in [0.25, 0.3) is 22.6 Å². The average Bonchev–Trinajstić information content (AvgIpc) is 3.46. The van der Waals surface area contributed by atoms with Crippen LogP contribution in [0.3, 0.4) is 0 Å². The molecule has 0 fully saturated rings. The third-order valence-corrected chi connectivity index (χ3v) is 5.44.